The number of aliphatic hydroxyl groups is 1. The third kappa shape index (κ3) is 8.77. The predicted molar refractivity (Wildman–Crippen MR) is 136 cm³/mol. The minimum Gasteiger partial charge on any atom is -0.481 e. The van der Waals surface area contributed by atoms with Gasteiger partial charge in [-0.2, -0.15) is 11.8 Å². The van der Waals surface area contributed by atoms with Crippen molar-refractivity contribution in [1.82, 2.24) is 20.9 Å². The van der Waals surface area contributed by atoms with Crippen LogP contribution >= 0.6 is 11.8 Å². The summed E-state index contributed by atoms with van der Waals surface area (Å²) in [6, 6.07) is 1.78. The summed E-state index contributed by atoms with van der Waals surface area (Å²) < 4.78 is 0. The molecule has 1 heterocycles. The van der Waals surface area contributed by atoms with Crippen molar-refractivity contribution < 1.29 is 39.3 Å². The smallest absolute Gasteiger partial charge is 0.328 e. The Morgan fingerprint density at radius 2 is 1.59 bits per heavy atom. The van der Waals surface area contributed by atoms with Crippen LogP contribution in [0.1, 0.15) is 18.4 Å². The zero-order valence-corrected chi connectivity index (χ0v) is 20.9. The zero-order chi connectivity index (χ0) is 27.5. The van der Waals surface area contributed by atoms with E-state index < -0.39 is 66.9 Å². The van der Waals surface area contributed by atoms with Crippen LogP contribution in [-0.2, 0) is 30.4 Å². The fourth-order valence-electron chi connectivity index (χ4n) is 3.50. The van der Waals surface area contributed by atoms with Crippen molar-refractivity contribution in [2.24, 2.45) is 5.73 Å². The Balaban J connectivity index is 2.29. The van der Waals surface area contributed by atoms with E-state index in [-0.39, 0.29) is 6.42 Å². The topological polar surface area (TPSA) is 224 Å². The van der Waals surface area contributed by atoms with Crippen LogP contribution in [0.2, 0.25) is 0 Å². The lowest BCUT2D eigenvalue weighted by Crippen LogP contribution is -2.58. The highest BCUT2D eigenvalue weighted by Gasteiger charge is 2.32. The van der Waals surface area contributed by atoms with Gasteiger partial charge in [0.25, 0.3) is 0 Å². The molecule has 0 fully saturated rings. The number of amides is 3. The van der Waals surface area contributed by atoms with Crippen LogP contribution in [0.4, 0.5) is 0 Å². The Morgan fingerprint density at radius 3 is 2.22 bits per heavy atom. The third-order valence-electron chi connectivity index (χ3n) is 5.51. The van der Waals surface area contributed by atoms with Crippen LogP contribution in [0.5, 0.6) is 0 Å². The maximum Gasteiger partial charge on any atom is 0.328 e. The van der Waals surface area contributed by atoms with Gasteiger partial charge in [-0.25, -0.2) is 4.79 Å². The second-order valence-corrected chi connectivity index (χ2v) is 9.24. The van der Waals surface area contributed by atoms with E-state index in [0.717, 1.165) is 10.9 Å². The van der Waals surface area contributed by atoms with Gasteiger partial charge in [-0.15, -0.1) is 0 Å². The van der Waals surface area contributed by atoms with Crippen molar-refractivity contribution in [1.29, 1.82) is 0 Å². The second kappa shape index (κ2) is 14.2. The molecule has 4 atom stereocenters. The number of hydrogen-bond donors (Lipinski definition) is 8. The van der Waals surface area contributed by atoms with Gasteiger partial charge >= 0.3 is 11.9 Å². The van der Waals surface area contributed by atoms with E-state index in [2.05, 4.69) is 15.6 Å². The number of nitrogens with one attached hydrogen (secondary N) is 4. The van der Waals surface area contributed by atoms with Gasteiger partial charge < -0.3 is 42.0 Å². The Hall–Kier alpha value is -3.62. The lowest BCUT2D eigenvalue weighted by atomic mass is 10.0. The molecule has 1 aromatic heterocycles. The summed E-state index contributed by atoms with van der Waals surface area (Å²) in [6.07, 6.45) is 3.02. The maximum atomic E-state index is 13.2. The molecule has 0 aliphatic heterocycles. The highest BCUT2D eigenvalue weighted by atomic mass is 32.2. The van der Waals surface area contributed by atoms with Crippen LogP contribution in [-0.4, -0.2) is 92.7 Å². The number of rotatable bonds is 15. The number of carbonyl (C=O) groups is 5. The summed E-state index contributed by atoms with van der Waals surface area (Å²) >= 11 is 1.50. The predicted octanol–water partition coefficient (Wildman–Crippen LogP) is -1.20. The zero-order valence-electron chi connectivity index (χ0n) is 20.1. The fourth-order valence-corrected chi connectivity index (χ4v) is 3.99. The number of hydrogen-bond acceptors (Lipinski definition) is 8. The van der Waals surface area contributed by atoms with Gasteiger partial charge in [-0.1, -0.05) is 18.2 Å². The number of nitrogens with two attached hydrogens (primary N) is 1. The molecule has 14 heteroatoms. The van der Waals surface area contributed by atoms with Crippen molar-refractivity contribution in [3.63, 3.8) is 0 Å². The molecule has 0 bridgehead atoms. The number of aliphatic hydroxyl groups excluding tert-OH is 1. The molecule has 13 nitrogen and oxygen atoms in total. The highest BCUT2D eigenvalue weighted by molar-refractivity contribution is 7.98. The number of carbonyl (C=O) groups excluding carboxylic acids is 3. The van der Waals surface area contributed by atoms with E-state index in [1.54, 1.807) is 12.3 Å². The van der Waals surface area contributed by atoms with Crippen molar-refractivity contribution in [2.45, 2.75) is 43.4 Å². The van der Waals surface area contributed by atoms with E-state index in [1.165, 1.54) is 11.8 Å². The number of H-pyrrole nitrogens is 1. The summed E-state index contributed by atoms with van der Waals surface area (Å²) in [4.78, 5) is 64.1. The lowest BCUT2D eigenvalue weighted by molar-refractivity contribution is -0.144. The van der Waals surface area contributed by atoms with Gasteiger partial charge in [-0.05, 0) is 30.1 Å². The summed E-state index contributed by atoms with van der Waals surface area (Å²) in [5.41, 5.74) is 7.42. The number of aromatic nitrogens is 1. The van der Waals surface area contributed by atoms with Crippen molar-refractivity contribution in [2.75, 3.05) is 18.6 Å². The van der Waals surface area contributed by atoms with Gasteiger partial charge in [0.1, 0.15) is 18.1 Å². The second-order valence-electron chi connectivity index (χ2n) is 8.25. The van der Waals surface area contributed by atoms with Crippen LogP contribution in [0.3, 0.4) is 0 Å². The Labute approximate surface area is 216 Å². The number of carboxylic acids is 2. The number of para-hydroxylation sites is 1. The molecular weight excluding hydrogens is 506 g/mol. The number of thioether (sulfide) groups is 1. The monoisotopic (exact) mass is 537 g/mol. The SMILES string of the molecule is CSCCC(N)C(=O)NC(Cc1c[nH]c2ccccc12)C(=O)NC(CC(=O)O)C(=O)NC(CO)C(=O)O. The molecule has 202 valence electrons. The van der Waals surface area contributed by atoms with Crippen molar-refractivity contribution in [3.05, 3.63) is 36.0 Å². The molecule has 1 aromatic carbocycles. The molecule has 0 aliphatic carbocycles. The third-order valence-corrected chi connectivity index (χ3v) is 6.15. The molecule has 0 aliphatic rings. The van der Waals surface area contributed by atoms with Crippen molar-refractivity contribution >= 4 is 52.3 Å². The van der Waals surface area contributed by atoms with Gasteiger partial charge in [0, 0.05) is 23.5 Å². The minimum absolute atomic E-state index is 0.00731. The molecule has 0 spiro atoms. The molecule has 3 amide bonds. The average Bonchev–Trinajstić information content (AvgIpc) is 3.26. The number of benzene rings is 1. The van der Waals surface area contributed by atoms with Crippen LogP contribution in [0, 0.1) is 0 Å². The highest BCUT2D eigenvalue weighted by Crippen LogP contribution is 2.19. The van der Waals surface area contributed by atoms with Gasteiger partial charge in [-0.3, -0.25) is 19.2 Å². The Bertz CT molecular complexity index is 1120. The van der Waals surface area contributed by atoms with Crippen molar-refractivity contribution in [3.8, 4) is 0 Å². The fraction of sp³-hybridized carbons (Fsp3) is 0.435. The molecule has 9 N–H and O–H groups in total. The molecule has 2 aromatic rings. The quantitative estimate of drug-likeness (QED) is 0.135. The van der Waals surface area contributed by atoms with Crippen LogP contribution < -0.4 is 21.7 Å². The molecule has 0 radical (unpaired) electrons. The summed E-state index contributed by atoms with van der Waals surface area (Å²) in [6.45, 7) is -0.942. The van der Waals surface area contributed by atoms with Gasteiger partial charge in [0.05, 0.1) is 19.1 Å². The van der Waals surface area contributed by atoms with E-state index in [1.807, 2.05) is 29.8 Å². The maximum absolute atomic E-state index is 13.2. The summed E-state index contributed by atoms with van der Waals surface area (Å²) in [5.74, 6) is -4.95. The van der Waals surface area contributed by atoms with Gasteiger partial charge in [0.2, 0.25) is 17.7 Å². The first-order valence-corrected chi connectivity index (χ1v) is 12.7. The van der Waals surface area contributed by atoms with Crippen LogP contribution in [0.15, 0.2) is 30.5 Å². The first-order valence-electron chi connectivity index (χ1n) is 11.3. The summed E-state index contributed by atoms with van der Waals surface area (Å²) in [7, 11) is 0. The number of fused-ring (bicyclic) bond motifs is 1. The largest absolute Gasteiger partial charge is 0.481 e. The number of carboxylic acid groups (broad SMARTS) is 2. The lowest BCUT2D eigenvalue weighted by Gasteiger charge is -2.24. The molecule has 2 rings (SSSR count). The molecular formula is C23H31N5O8S. The minimum atomic E-state index is -1.70. The molecule has 0 saturated heterocycles. The summed E-state index contributed by atoms with van der Waals surface area (Å²) in [5, 5.41) is 35.1. The number of aromatic amines is 1. The Morgan fingerprint density at radius 1 is 0.973 bits per heavy atom. The van der Waals surface area contributed by atoms with Crippen LogP contribution in [0.25, 0.3) is 10.9 Å². The van der Waals surface area contributed by atoms with E-state index >= 15 is 0 Å². The van der Waals surface area contributed by atoms with E-state index in [9.17, 15) is 29.1 Å². The number of aliphatic carboxylic acids is 2. The first kappa shape index (κ1) is 29.6. The normalized spacial score (nSPS) is 14.2. The average molecular weight is 538 g/mol. The molecule has 37 heavy (non-hydrogen) atoms. The molecule has 4 unspecified atom stereocenters. The molecule has 0 saturated carbocycles. The standard InChI is InChI=1S/C23H31N5O8S/c1-37-7-6-14(24)20(32)26-16(8-12-10-25-15-5-3-2-4-13(12)15)21(33)27-17(9-19(30)31)22(34)28-18(11-29)23(35)36/h2-5,10,14,16-18,25,29H,6-9,11,24H2,1H3,(H,26,32)(H,27,33)(H,28,34)(H,30,31)(H,35,36). The van der Waals surface area contributed by atoms with Gasteiger partial charge in [0.15, 0.2) is 0 Å². The first-order chi connectivity index (χ1) is 17.6. The van der Waals surface area contributed by atoms with E-state index in [4.69, 9.17) is 15.9 Å². The Kier molecular flexibility index (Phi) is 11.4. The van der Waals surface area contributed by atoms with E-state index in [0.29, 0.717) is 17.7 Å².